The van der Waals surface area contributed by atoms with Crippen molar-refractivity contribution in [2.75, 3.05) is 6.61 Å². The number of aromatic nitrogens is 2. The molecular formula is C8H12N2O3. The Kier molecular flexibility index (Phi) is 2.67. The molecule has 1 aromatic heterocycles. The monoisotopic (exact) mass is 184 g/mol. The van der Waals surface area contributed by atoms with E-state index in [0.717, 1.165) is 0 Å². The third-order valence-electron chi connectivity index (χ3n) is 1.90. The van der Waals surface area contributed by atoms with E-state index in [2.05, 4.69) is 5.10 Å². The Morgan fingerprint density at radius 3 is 2.69 bits per heavy atom. The molecule has 1 aromatic rings. The number of aliphatic hydroxyl groups excluding tert-OH is 1. The molecule has 72 valence electrons. The number of nitrogens with zero attached hydrogens (tertiary/aromatic N) is 2. The number of carboxylic acids is 1. The van der Waals surface area contributed by atoms with E-state index in [1.807, 2.05) is 0 Å². The van der Waals surface area contributed by atoms with Gasteiger partial charge in [-0.15, -0.1) is 0 Å². The fourth-order valence-corrected chi connectivity index (χ4v) is 1.38. The number of carbonyl (C=O) groups is 1. The maximum atomic E-state index is 10.8. The van der Waals surface area contributed by atoms with E-state index < -0.39 is 5.97 Å². The number of rotatable bonds is 3. The van der Waals surface area contributed by atoms with Gasteiger partial charge in [0.05, 0.1) is 11.4 Å². The fourth-order valence-electron chi connectivity index (χ4n) is 1.38. The first-order chi connectivity index (χ1) is 6.07. The first-order valence-electron chi connectivity index (χ1n) is 3.94. The smallest absolute Gasteiger partial charge is 0.339 e. The molecule has 0 atom stereocenters. The minimum Gasteiger partial charge on any atom is -0.478 e. The van der Waals surface area contributed by atoms with Gasteiger partial charge < -0.3 is 10.2 Å². The Morgan fingerprint density at radius 1 is 1.62 bits per heavy atom. The quantitative estimate of drug-likeness (QED) is 0.691. The van der Waals surface area contributed by atoms with Crippen molar-refractivity contribution in [2.45, 2.75) is 13.3 Å². The van der Waals surface area contributed by atoms with Gasteiger partial charge in [-0.3, -0.25) is 4.68 Å². The molecule has 0 saturated carbocycles. The molecule has 0 aromatic carbocycles. The van der Waals surface area contributed by atoms with Gasteiger partial charge in [0.15, 0.2) is 0 Å². The van der Waals surface area contributed by atoms with Crippen LogP contribution in [0.1, 0.15) is 21.7 Å². The molecule has 0 aliphatic rings. The molecule has 0 saturated heterocycles. The molecular weight excluding hydrogens is 172 g/mol. The topological polar surface area (TPSA) is 75.3 Å². The van der Waals surface area contributed by atoms with Crippen LogP contribution in [0.4, 0.5) is 0 Å². The molecule has 0 bridgehead atoms. The van der Waals surface area contributed by atoms with Crippen LogP contribution in [0.2, 0.25) is 0 Å². The van der Waals surface area contributed by atoms with Crippen LogP contribution in [0, 0.1) is 6.92 Å². The lowest BCUT2D eigenvalue weighted by Crippen LogP contribution is -2.07. The van der Waals surface area contributed by atoms with Crippen molar-refractivity contribution >= 4 is 5.97 Å². The number of hydrogen-bond acceptors (Lipinski definition) is 3. The van der Waals surface area contributed by atoms with Crippen molar-refractivity contribution in [3.8, 4) is 0 Å². The van der Waals surface area contributed by atoms with Gasteiger partial charge in [0.2, 0.25) is 0 Å². The molecule has 0 amide bonds. The summed E-state index contributed by atoms with van der Waals surface area (Å²) in [5.74, 6) is -0.992. The van der Waals surface area contributed by atoms with Crippen LogP contribution in [0.15, 0.2) is 0 Å². The fraction of sp³-hybridized carbons (Fsp3) is 0.500. The highest BCUT2D eigenvalue weighted by Gasteiger charge is 2.18. The molecule has 0 spiro atoms. The normalized spacial score (nSPS) is 10.4. The first kappa shape index (κ1) is 9.73. The minimum atomic E-state index is -0.992. The molecule has 1 heterocycles. The van der Waals surface area contributed by atoms with Crippen LogP contribution in [-0.2, 0) is 13.5 Å². The van der Waals surface area contributed by atoms with E-state index in [9.17, 15) is 4.79 Å². The Bertz CT molecular complexity index is 330. The van der Waals surface area contributed by atoms with Gasteiger partial charge in [0.1, 0.15) is 5.56 Å². The summed E-state index contributed by atoms with van der Waals surface area (Å²) in [4.78, 5) is 10.8. The summed E-state index contributed by atoms with van der Waals surface area (Å²) in [6.07, 6.45) is 0.318. The summed E-state index contributed by atoms with van der Waals surface area (Å²) in [5, 5.41) is 21.6. The van der Waals surface area contributed by atoms with Crippen molar-refractivity contribution < 1.29 is 15.0 Å². The zero-order valence-corrected chi connectivity index (χ0v) is 7.61. The second-order valence-electron chi connectivity index (χ2n) is 2.81. The summed E-state index contributed by atoms with van der Waals surface area (Å²) in [5.41, 5.74) is 1.25. The molecule has 2 N–H and O–H groups in total. The van der Waals surface area contributed by atoms with E-state index >= 15 is 0 Å². The van der Waals surface area contributed by atoms with E-state index in [4.69, 9.17) is 10.2 Å². The van der Waals surface area contributed by atoms with Crippen LogP contribution < -0.4 is 0 Å². The molecule has 0 unspecified atom stereocenters. The third kappa shape index (κ3) is 1.70. The summed E-state index contributed by atoms with van der Waals surface area (Å²) in [6, 6.07) is 0. The van der Waals surface area contributed by atoms with Crippen LogP contribution in [0.3, 0.4) is 0 Å². The number of aromatic carboxylic acids is 1. The van der Waals surface area contributed by atoms with Crippen LogP contribution in [0.5, 0.6) is 0 Å². The lowest BCUT2D eigenvalue weighted by atomic mass is 10.1. The Balaban J connectivity index is 3.20. The number of aryl methyl sites for hydroxylation is 2. The zero-order valence-electron chi connectivity index (χ0n) is 7.61. The van der Waals surface area contributed by atoms with E-state index in [1.54, 1.807) is 14.0 Å². The van der Waals surface area contributed by atoms with Gasteiger partial charge >= 0.3 is 5.97 Å². The molecule has 5 nitrogen and oxygen atoms in total. The molecule has 0 aliphatic heterocycles. The van der Waals surface area contributed by atoms with Crippen molar-refractivity contribution in [3.63, 3.8) is 0 Å². The third-order valence-corrected chi connectivity index (χ3v) is 1.90. The van der Waals surface area contributed by atoms with Crippen LogP contribution in [0.25, 0.3) is 0 Å². The summed E-state index contributed by atoms with van der Waals surface area (Å²) < 4.78 is 1.50. The predicted octanol–water partition coefficient (Wildman–Crippen LogP) is -0.0385. The van der Waals surface area contributed by atoms with E-state index in [-0.39, 0.29) is 12.2 Å². The SMILES string of the molecule is Cc1nn(C)c(CCO)c1C(=O)O. The van der Waals surface area contributed by atoms with Gasteiger partial charge in [-0.25, -0.2) is 4.79 Å². The predicted molar refractivity (Wildman–Crippen MR) is 45.7 cm³/mol. The van der Waals surface area contributed by atoms with Gasteiger partial charge in [0.25, 0.3) is 0 Å². The highest BCUT2D eigenvalue weighted by atomic mass is 16.4. The van der Waals surface area contributed by atoms with Gasteiger partial charge in [-0.2, -0.15) is 5.10 Å². The lowest BCUT2D eigenvalue weighted by molar-refractivity contribution is 0.0694. The van der Waals surface area contributed by atoms with E-state index in [0.29, 0.717) is 17.8 Å². The van der Waals surface area contributed by atoms with Crippen LogP contribution in [-0.4, -0.2) is 32.6 Å². The molecule has 5 heteroatoms. The molecule has 13 heavy (non-hydrogen) atoms. The molecule has 1 rings (SSSR count). The standard InChI is InChI=1S/C8H12N2O3/c1-5-7(8(12)13)6(3-4-11)10(2)9-5/h11H,3-4H2,1-2H3,(H,12,13). The van der Waals surface area contributed by atoms with Gasteiger partial charge in [0, 0.05) is 20.1 Å². The van der Waals surface area contributed by atoms with Gasteiger partial charge in [-0.1, -0.05) is 0 Å². The summed E-state index contributed by atoms with van der Waals surface area (Å²) in [6.45, 7) is 1.57. The first-order valence-corrected chi connectivity index (χ1v) is 3.94. The highest BCUT2D eigenvalue weighted by molar-refractivity contribution is 5.90. The zero-order chi connectivity index (χ0) is 10.0. The average molecular weight is 184 g/mol. The Morgan fingerprint density at radius 2 is 2.23 bits per heavy atom. The second kappa shape index (κ2) is 3.57. The van der Waals surface area contributed by atoms with Crippen molar-refractivity contribution in [1.82, 2.24) is 9.78 Å². The second-order valence-corrected chi connectivity index (χ2v) is 2.81. The largest absolute Gasteiger partial charge is 0.478 e. The van der Waals surface area contributed by atoms with Crippen molar-refractivity contribution in [1.29, 1.82) is 0 Å². The maximum absolute atomic E-state index is 10.8. The minimum absolute atomic E-state index is 0.0702. The number of aliphatic hydroxyl groups is 1. The lowest BCUT2D eigenvalue weighted by Gasteiger charge is -2.00. The maximum Gasteiger partial charge on any atom is 0.339 e. The summed E-state index contributed by atoms with van der Waals surface area (Å²) in [7, 11) is 1.67. The number of carboxylic acid groups (broad SMARTS) is 1. The average Bonchev–Trinajstić information content (AvgIpc) is 2.27. The highest BCUT2D eigenvalue weighted by Crippen LogP contribution is 2.13. The number of hydrogen-bond donors (Lipinski definition) is 2. The van der Waals surface area contributed by atoms with Crippen molar-refractivity contribution in [3.05, 3.63) is 17.0 Å². The van der Waals surface area contributed by atoms with Crippen molar-refractivity contribution in [2.24, 2.45) is 7.05 Å². The Labute approximate surface area is 75.6 Å². The molecule has 0 aliphatic carbocycles. The Hall–Kier alpha value is -1.36. The molecule has 0 radical (unpaired) electrons. The van der Waals surface area contributed by atoms with Crippen LogP contribution >= 0.6 is 0 Å². The summed E-state index contributed by atoms with van der Waals surface area (Å²) >= 11 is 0. The van der Waals surface area contributed by atoms with Gasteiger partial charge in [-0.05, 0) is 6.92 Å². The molecule has 0 fully saturated rings. The van der Waals surface area contributed by atoms with E-state index in [1.165, 1.54) is 4.68 Å².